The summed E-state index contributed by atoms with van der Waals surface area (Å²) in [6.45, 7) is 3.35. The lowest BCUT2D eigenvalue weighted by atomic mass is 10.2. The minimum absolute atomic E-state index is 0. The predicted molar refractivity (Wildman–Crippen MR) is 106 cm³/mol. The molecule has 8 heteroatoms. The number of nitrogens with one attached hydrogen (secondary N) is 2. The topological polar surface area (TPSA) is 75.2 Å². The van der Waals surface area contributed by atoms with Gasteiger partial charge in [0.05, 0.1) is 27.3 Å². The van der Waals surface area contributed by atoms with Crippen molar-refractivity contribution in [1.82, 2.24) is 15.5 Å². The molecule has 0 aliphatic rings. The number of nitrogens with zero attached hydrogens (tertiary/aromatic N) is 2. The van der Waals surface area contributed by atoms with E-state index in [9.17, 15) is 4.79 Å². The Morgan fingerprint density at radius 1 is 1.17 bits per heavy atom. The Hall–Kier alpha value is -1.71. The monoisotopic (exact) mass is 450 g/mol. The number of hydrogen-bond donors (Lipinski definition) is 2. The van der Waals surface area contributed by atoms with Gasteiger partial charge in [0.15, 0.2) is 17.5 Å². The average molecular weight is 450 g/mol. The van der Waals surface area contributed by atoms with Crippen LogP contribution >= 0.6 is 24.0 Å². The SMILES string of the molecule is CCNC(=NCc1ccc(OC)c(OC)c1)NCC(=O)N(C)C.I. The first-order valence-electron chi connectivity index (χ1n) is 7.45. The van der Waals surface area contributed by atoms with E-state index in [1.54, 1.807) is 28.3 Å². The van der Waals surface area contributed by atoms with Gasteiger partial charge in [-0.05, 0) is 24.6 Å². The molecule has 0 unspecified atom stereocenters. The second kappa shape index (κ2) is 11.8. The molecule has 1 aromatic carbocycles. The number of benzene rings is 1. The van der Waals surface area contributed by atoms with Crippen molar-refractivity contribution < 1.29 is 14.3 Å². The summed E-state index contributed by atoms with van der Waals surface area (Å²) in [5, 5.41) is 6.13. The molecule has 136 valence electrons. The number of amides is 1. The zero-order chi connectivity index (χ0) is 17.2. The third-order valence-electron chi connectivity index (χ3n) is 3.12. The summed E-state index contributed by atoms with van der Waals surface area (Å²) in [7, 11) is 6.64. The zero-order valence-corrected chi connectivity index (χ0v) is 17.2. The van der Waals surface area contributed by atoms with Crippen molar-refractivity contribution in [2.75, 3.05) is 41.4 Å². The van der Waals surface area contributed by atoms with E-state index < -0.39 is 0 Å². The number of halogens is 1. The highest BCUT2D eigenvalue weighted by Gasteiger charge is 2.07. The van der Waals surface area contributed by atoms with Gasteiger partial charge in [-0.25, -0.2) is 4.99 Å². The van der Waals surface area contributed by atoms with Crippen molar-refractivity contribution in [1.29, 1.82) is 0 Å². The van der Waals surface area contributed by atoms with E-state index in [-0.39, 0.29) is 36.4 Å². The predicted octanol–water partition coefficient (Wildman–Crippen LogP) is 1.47. The van der Waals surface area contributed by atoms with Crippen LogP contribution in [0.1, 0.15) is 12.5 Å². The van der Waals surface area contributed by atoms with Crippen LogP contribution in [0.25, 0.3) is 0 Å². The quantitative estimate of drug-likeness (QED) is 0.374. The third-order valence-corrected chi connectivity index (χ3v) is 3.12. The van der Waals surface area contributed by atoms with Crippen LogP contribution in [0.2, 0.25) is 0 Å². The standard InChI is InChI=1S/C16H26N4O3.HI/c1-6-17-16(19-11-15(21)20(2)3)18-10-12-7-8-13(22-4)14(9-12)23-5;/h7-9H,6,10-11H2,1-5H3,(H2,17,18,19);1H. The van der Waals surface area contributed by atoms with Gasteiger partial charge >= 0.3 is 0 Å². The van der Waals surface area contributed by atoms with Gasteiger partial charge in [0.1, 0.15) is 0 Å². The van der Waals surface area contributed by atoms with Crippen LogP contribution in [0.15, 0.2) is 23.2 Å². The van der Waals surface area contributed by atoms with E-state index in [1.807, 2.05) is 25.1 Å². The Kier molecular flexibility index (Phi) is 10.9. The molecule has 0 saturated carbocycles. The minimum atomic E-state index is -0.0123. The molecule has 1 amide bonds. The lowest BCUT2D eigenvalue weighted by molar-refractivity contribution is -0.127. The summed E-state index contributed by atoms with van der Waals surface area (Å²) in [6.07, 6.45) is 0. The molecule has 0 heterocycles. The number of rotatable bonds is 7. The van der Waals surface area contributed by atoms with Gasteiger partial charge in [-0.15, -0.1) is 24.0 Å². The maximum Gasteiger partial charge on any atom is 0.241 e. The Balaban J connectivity index is 0.00000529. The molecule has 2 N–H and O–H groups in total. The maximum atomic E-state index is 11.6. The molecule has 0 bridgehead atoms. The molecule has 0 aliphatic carbocycles. The van der Waals surface area contributed by atoms with Gasteiger partial charge in [0.25, 0.3) is 0 Å². The Morgan fingerprint density at radius 2 is 1.83 bits per heavy atom. The lowest BCUT2D eigenvalue weighted by Gasteiger charge is -2.14. The molecule has 0 atom stereocenters. The molecule has 0 spiro atoms. The number of likely N-dealkylation sites (N-methyl/N-ethyl adjacent to an activating group) is 1. The summed E-state index contributed by atoms with van der Waals surface area (Å²) in [6, 6.07) is 5.66. The fraction of sp³-hybridized carbons (Fsp3) is 0.500. The van der Waals surface area contributed by atoms with Crippen LogP contribution in [0, 0.1) is 0 Å². The molecule has 0 fully saturated rings. The smallest absolute Gasteiger partial charge is 0.241 e. The molecule has 0 aliphatic heterocycles. The Morgan fingerprint density at radius 3 is 2.38 bits per heavy atom. The Bertz CT molecular complexity index is 550. The zero-order valence-electron chi connectivity index (χ0n) is 14.9. The summed E-state index contributed by atoms with van der Waals surface area (Å²) in [4.78, 5) is 17.6. The van der Waals surface area contributed by atoms with Crippen LogP contribution in [0.3, 0.4) is 0 Å². The highest BCUT2D eigenvalue weighted by molar-refractivity contribution is 14.0. The third kappa shape index (κ3) is 7.24. The van der Waals surface area contributed by atoms with Crippen molar-refractivity contribution in [2.24, 2.45) is 4.99 Å². The second-order valence-electron chi connectivity index (χ2n) is 5.03. The second-order valence-corrected chi connectivity index (χ2v) is 5.03. The van der Waals surface area contributed by atoms with Crippen LogP contribution in [-0.4, -0.2) is 58.2 Å². The first-order chi connectivity index (χ1) is 11.0. The maximum absolute atomic E-state index is 11.6. The van der Waals surface area contributed by atoms with Crippen LogP contribution < -0.4 is 20.1 Å². The van der Waals surface area contributed by atoms with Crippen molar-refractivity contribution in [3.8, 4) is 11.5 Å². The first kappa shape index (κ1) is 22.3. The molecule has 1 aromatic rings. The first-order valence-corrected chi connectivity index (χ1v) is 7.45. The summed E-state index contributed by atoms with van der Waals surface area (Å²) in [5.41, 5.74) is 0.985. The van der Waals surface area contributed by atoms with Crippen LogP contribution in [0.5, 0.6) is 11.5 Å². The van der Waals surface area contributed by atoms with Crippen LogP contribution in [-0.2, 0) is 11.3 Å². The van der Waals surface area contributed by atoms with Crippen molar-refractivity contribution in [2.45, 2.75) is 13.5 Å². The summed E-state index contributed by atoms with van der Waals surface area (Å²) < 4.78 is 10.5. The number of methoxy groups -OCH3 is 2. The van der Waals surface area contributed by atoms with E-state index in [0.29, 0.717) is 30.5 Å². The van der Waals surface area contributed by atoms with E-state index in [0.717, 1.165) is 5.56 Å². The molecular weight excluding hydrogens is 423 g/mol. The van der Waals surface area contributed by atoms with Gasteiger partial charge in [-0.1, -0.05) is 6.07 Å². The summed E-state index contributed by atoms with van der Waals surface area (Å²) >= 11 is 0. The molecule has 0 aromatic heterocycles. The molecule has 24 heavy (non-hydrogen) atoms. The van der Waals surface area contributed by atoms with Crippen molar-refractivity contribution in [3.63, 3.8) is 0 Å². The molecule has 7 nitrogen and oxygen atoms in total. The fourth-order valence-electron chi connectivity index (χ4n) is 1.81. The largest absolute Gasteiger partial charge is 0.493 e. The number of guanidine groups is 1. The van der Waals surface area contributed by atoms with Gasteiger partial charge in [0.2, 0.25) is 5.91 Å². The van der Waals surface area contributed by atoms with Gasteiger partial charge < -0.3 is 25.0 Å². The van der Waals surface area contributed by atoms with E-state index >= 15 is 0 Å². The Labute approximate surface area is 160 Å². The highest BCUT2D eigenvalue weighted by atomic mass is 127. The van der Waals surface area contributed by atoms with Gasteiger partial charge in [0, 0.05) is 20.6 Å². The molecular formula is C16H27IN4O3. The highest BCUT2D eigenvalue weighted by Crippen LogP contribution is 2.27. The average Bonchev–Trinajstić information content (AvgIpc) is 2.56. The number of hydrogen-bond acceptors (Lipinski definition) is 4. The lowest BCUT2D eigenvalue weighted by Crippen LogP contribution is -2.42. The normalized spacial score (nSPS) is 10.5. The summed E-state index contributed by atoms with van der Waals surface area (Å²) in [5.74, 6) is 1.93. The molecule has 0 radical (unpaired) electrons. The molecule has 0 saturated heterocycles. The van der Waals surface area contributed by atoms with Gasteiger partial charge in [-0.2, -0.15) is 0 Å². The number of carbonyl (C=O) groups is 1. The molecule has 1 rings (SSSR count). The number of ether oxygens (including phenoxy) is 2. The number of aliphatic imine (C=N–C) groups is 1. The van der Waals surface area contributed by atoms with Crippen molar-refractivity contribution >= 4 is 35.8 Å². The van der Waals surface area contributed by atoms with Crippen molar-refractivity contribution in [3.05, 3.63) is 23.8 Å². The van der Waals surface area contributed by atoms with Crippen LogP contribution in [0.4, 0.5) is 0 Å². The van der Waals surface area contributed by atoms with E-state index in [4.69, 9.17) is 9.47 Å². The fourth-order valence-corrected chi connectivity index (χ4v) is 1.81. The van der Waals surface area contributed by atoms with E-state index in [2.05, 4.69) is 15.6 Å². The minimum Gasteiger partial charge on any atom is -0.493 e. The van der Waals surface area contributed by atoms with Gasteiger partial charge in [-0.3, -0.25) is 4.79 Å². The number of carbonyl (C=O) groups excluding carboxylic acids is 1. The van der Waals surface area contributed by atoms with E-state index in [1.165, 1.54) is 4.90 Å².